The van der Waals surface area contributed by atoms with Crippen LogP contribution in [0.15, 0.2) is 16.6 Å². The number of hydrogen-bond donors (Lipinski definition) is 2. The molecule has 1 aromatic rings. The molecule has 0 unspecified atom stereocenters. The lowest BCUT2D eigenvalue weighted by atomic mass is 10.2. The summed E-state index contributed by atoms with van der Waals surface area (Å²) in [5.41, 5.74) is 0. The first-order valence-electron chi connectivity index (χ1n) is 4.02. The van der Waals surface area contributed by atoms with Crippen molar-refractivity contribution < 1.29 is 24.2 Å². The van der Waals surface area contributed by atoms with Crippen molar-refractivity contribution in [2.75, 3.05) is 14.2 Å². The Balaban J connectivity index is 3.18. The van der Waals surface area contributed by atoms with E-state index < -0.39 is 7.32 Å². The summed E-state index contributed by atoms with van der Waals surface area (Å²) in [6.45, 7) is 0. The van der Waals surface area contributed by atoms with Gasteiger partial charge in [-0.3, -0.25) is 0 Å². The molecule has 0 aliphatic carbocycles. The lowest BCUT2D eigenvalue weighted by Gasteiger charge is -2.14. The lowest BCUT2D eigenvalue weighted by molar-refractivity contribution is 0.270. The van der Waals surface area contributed by atoms with Gasteiger partial charge in [-0.2, -0.15) is 0 Å². The molecule has 0 aromatic heterocycles. The van der Waals surface area contributed by atoms with Crippen molar-refractivity contribution in [1.82, 2.24) is 0 Å². The van der Waals surface area contributed by atoms with E-state index in [9.17, 15) is 0 Å². The van der Waals surface area contributed by atoms with E-state index >= 15 is 0 Å². The summed E-state index contributed by atoms with van der Waals surface area (Å²) < 4.78 is 15.5. The second-order valence-electron chi connectivity index (χ2n) is 2.58. The van der Waals surface area contributed by atoms with Crippen molar-refractivity contribution in [3.8, 4) is 17.2 Å². The zero-order chi connectivity index (χ0) is 11.4. The molecule has 82 valence electrons. The molecular weight excluding hydrogens is 267 g/mol. The third kappa shape index (κ3) is 3.02. The fourth-order valence-corrected chi connectivity index (χ4v) is 1.49. The molecule has 0 radical (unpaired) electrons. The number of benzene rings is 1. The standard InChI is InChI=1S/C8H10BBrO5/c1-13-6-3-5(10)4-7(14-2)8(6)15-9(11)12/h3-4,11-12H,1-2H3. The number of methoxy groups -OCH3 is 2. The molecule has 0 aliphatic heterocycles. The van der Waals surface area contributed by atoms with E-state index in [2.05, 4.69) is 15.9 Å². The largest absolute Gasteiger partial charge is 0.707 e. The second-order valence-corrected chi connectivity index (χ2v) is 3.50. The van der Waals surface area contributed by atoms with Gasteiger partial charge >= 0.3 is 7.32 Å². The minimum Gasteiger partial charge on any atom is -0.506 e. The van der Waals surface area contributed by atoms with Crippen LogP contribution in [-0.4, -0.2) is 31.6 Å². The molecule has 0 amide bonds. The topological polar surface area (TPSA) is 68.2 Å². The van der Waals surface area contributed by atoms with E-state index in [1.165, 1.54) is 14.2 Å². The number of hydrogen-bond acceptors (Lipinski definition) is 5. The van der Waals surface area contributed by atoms with Gasteiger partial charge in [0.1, 0.15) is 0 Å². The van der Waals surface area contributed by atoms with Crippen molar-refractivity contribution in [3.63, 3.8) is 0 Å². The van der Waals surface area contributed by atoms with Crippen molar-refractivity contribution in [1.29, 1.82) is 0 Å². The third-order valence-corrected chi connectivity index (χ3v) is 2.11. The maximum atomic E-state index is 8.73. The SMILES string of the molecule is COc1cc(Br)cc(OC)c1OB(O)O. The molecule has 1 aromatic carbocycles. The Bertz CT molecular complexity index is 319. The van der Waals surface area contributed by atoms with Crippen LogP contribution in [0.25, 0.3) is 0 Å². The highest BCUT2D eigenvalue weighted by Gasteiger charge is 2.20. The molecule has 15 heavy (non-hydrogen) atoms. The Morgan fingerprint density at radius 3 is 1.93 bits per heavy atom. The Hall–Kier alpha value is -0.915. The van der Waals surface area contributed by atoms with E-state index in [0.29, 0.717) is 11.5 Å². The van der Waals surface area contributed by atoms with E-state index in [1.807, 2.05) is 0 Å². The highest BCUT2D eigenvalue weighted by Crippen LogP contribution is 2.40. The Morgan fingerprint density at radius 1 is 1.13 bits per heavy atom. The first-order valence-corrected chi connectivity index (χ1v) is 4.82. The summed E-state index contributed by atoms with van der Waals surface area (Å²) in [7, 11) is 0.962. The van der Waals surface area contributed by atoms with Crippen LogP contribution in [-0.2, 0) is 0 Å². The molecule has 0 atom stereocenters. The Labute approximate surface area is 95.9 Å². The fraction of sp³-hybridized carbons (Fsp3) is 0.250. The molecule has 0 saturated carbocycles. The molecule has 0 spiro atoms. The summed E-state index contributed by atoms with van der Waals surface area (Å²) in [6, 6.07) is 3.25. The number of ether oxygens (including phenoxy) is 2. The smallest absolute Gasteiger partial charge is 0.506 e. The van der Waals surface area contributed by atoms with Crippen LogP contribution in [0, 0.1) is 0 Å². The van der Waals surface area contributed by atoms with Gasteiger partial charge in [-0.05, 0) is 12.1 Å². The predicted octanol–water partition coefficient (Wildman–Crippen LogP) is 0.815. The summed E-state index contributed by atoms with van der Waals surface area (Å²) in [5, 5.41) is 17.5. The van der Waals surface area contributed by atoms with Gasteiger partial charge in [0.15, 0.2) is 17.2 Å². The van der Waals surface area contributed by atoms with Crippen LogP contribution in [0.3, 0.4) is 0 Å². The maximum absolute atomic E-state index is 8.73. The summed E-state index contributed by atoms with van der Waals surface area (Å²) in [4.78, 5) is 0. The second kappa shape index (κ2) is 5.25. The zero-order valence-corrected chi connectivity index (χ0v) is 9.82. The third-order valence-electron chi connectivity index (χ3n) is 1.65. The highest BCUT2D eigenvalue weighted by molar-refractivity contribution is 9.10. The van der Waals surface area contributed by atoms with Gasteiger partial charge in [0.2, 0.25) is 0 Å². The van der Waals surface area contributed by atoms with Crippen LogP contribution in [0.4, 0.5) is 0 Å². The molecule has 2 N–H and O–H groups in total. The number of halogens is 1. The molecule has 0 fully saturated rings. The average molecular weight is 277 g/mol. The molecule has 0 bridgehead atoms. The summed E-state index contributed by atoms with van der Waals surface area (Å²) >= 11 is 3.25. The molecule has 1 rings (SSSR count). The predicted molar refractivity (Wildman–Crippen MR) is 58.1 cm³/mol. The number of rotatable bonds is 4. The summed E-state index contributed by atoms with van der Waals surface area (Å²) in [5.74, 6) is 0.821. The zero-order valence-electron chi connectivity index (χ0n) is 8.23. The van der Waals surface area contributed by atoms with Gasteiger partial charge < -0.3 is 24.2 Å². The van der Waals surface area contributed by atoms with Crippen LogP contribution < -0.4 is 14.1 Å². The van der Waals surface area contributed by atoms with Crippen LogP contribution in [0.1, 0.15) is 0 Å². The minimum absolute atomic E-state index is 0.137. The van der Waals surface area contributed by atoms with Gasteiger partial charge in [-0.1, -0.05) is 15.9 Å². The van der Waals surface area contributed by atoms with Crippen LogP contribution in [0.5, 0.6) is 17.2 Å². The van der Waals surface area contributed by atoms with Crippen LogP contribution in [0.2, 0.25) is 0 Å². The van der Waals surface area contributed by atoms with Crippen molar-refractivity contribution in [2.45, 2.75) is 0 Å². The first-order chi connectivity index (χ1) is 7.08. The van der Waals surface area contributed by atoms with Crippen molar-refractivity contribution in [3.05, 3.63) is 16.6 Å². The van der Waals surface area contributed by atoms with E-state index in [0.717, 1.165) is 4.47 Å². The van der Waals surface area contributed by atoms with E-state index in [-0.39, 0.29) is 5.75 Å². The van der Waals surface area contributed by atoms with Crippen molar-refractivity contribution >= 4 is 23.3 Å². The Kier molecular flexibility index (Phi) is 4.25. The molecule has 7 heteroatoms. The molecule has 0 aliphatic rings. The lowest BCUT2D eigenvalue weighted by Crippen LogP contribution is -2.21. The van der Waals surface area contributed by atoms with E-state index in [1.54, 1.807) is 12.1 Å². The van der Waals surface area contributed by atoms with Gasteiger partial charge in [0.05, 0.1) is 14.2 Å². The highest BCUT2D eigenvalue weighted by atomic mass is 79.9. The molecular formula is C8H10BBrO5. The van der Waals surface area contributed by atoms with E-state index in [4.69, 9.17) is 24.2 Å². The summed E-state index contributed by atoms with van der Waals surface area (Å²) in [6.07, 6.45) is 0. The van der Waals surface area contributed by atoms with Gasteiger partial charge in [-0.25, -0.2) is 0 Å². The van der Waals surface area contributed by atoms with Gasteiger partial charge in [0.25, 0.3) is 0 Å². The van der Waals surface area contributed by atoms with Gasteiger partial charge in [0, 0.05) is 4.47 Å². The quantitative estimate of drug-likeness (QED) is 0.797. The van der Waals surface area contributed by atoms with Gasteiger partial charge in [-0.15, -0.1) is 0 Å². The first kappa shape index (κ1) is 12.2. The molecule has 0 heterocycles. The normalized spacial score (nSPS) is 9.67. The fourth-order valence-electron chi connectivity index (χ4n) is 1.07. The monoisotopic (exact) mass is 276 g/mol. The van der Waals surface area contributed by atoms with Crippen LogP contribution >= 0.6 is 15.9 Å². The molecule has 5 nitrogen and oxygen atoms in total. The average Bonchev–Trinajstić information content (AvgIpc) is 2.19. The Morgan fingerprint density at radius 2 is 1.60 bits per heavy atom. The maximum Gasteiger partial charge on any atom is 0.707 e. The minimum atomic E-state index is -1.92. The van der Waals surface area contributed by atoms with Crippen molar-refractivity contribution in [2.24, 2.45) is 0 Å². The molecule has 0 saturated heterocycles.